The fraction of sp³-hybridized carbons (Fsp3) is 0.286. The zero-order chi connectivity index (χ0) is 13.1. The van der Waals surface area contributed by atoms with E-state index in [1.165, 1.54) is 0 Å². The van der Waals surface area contributed by atoms with Crippen LogP contribution in [-0.4, -0.2) is 25.9 Å². The van der Waals surface area contributed by atoms with Gasteiger partial charge < -0.3 is 20.3 Å². The summed E-state index contributed by atoms with van der Waals surface area (Å²) >= 11 is 0. The molecule has 0 aliphatic rings. The van der Waals surface area contributed by atoms with Gasteiger partial charge in [0.2, 0.25) is 0 Å². The monoisotopic (exact) mass is 247 g/mol. The third kappa shape index (κ3) is 2.00. The van der Waals surface area contributed by atoms with Crippen molar-refractivity contribution in [1.82, 2.24) is 0 Å². The summed E-state index contributed by atoms with van der Waals surface area (Å²) in [7, 11) is 3.15. The summed E-state index contributed by atoms with van der Waals surface area (Å²) in [6.07, 6.45) is 0. The van der Waals surface area contributed by atoms with Crippen LogP contribution in [0.4, 0.5) is 0 Å². The van der Waals surface area contributed by atoms with E-state index in [-0.39, 0.29) is 6.61 Å². The first-order chi connectivity index (χ1) is 8.72. The van der Waals surface area contributed by atoms with Crippen molar-refractivity contribution < 1.29 is 14.6 Å². The Morgan fingerprint density at radius 1 is 1.22 bits per heavy atom. The summed E-state index contributed by atoms with van der Waals surface area (Å²) in [6.45, 7) is -0.145. The minimum atomic E-state index is -0.500. The molecule has 4 heteroatoms. The van der Waals surface area contributed by atoms with E-state index in [4.69, 9.17) is 15.2 Å². The lowest BCUT2D eigenvalue weighted by Gasteiger charge is -2.19. The Bertz CT molecular complexity index is 554. The van der Waals surface area contributed by atoms with Crippen LogP contribution in [0.3, 0.4) is 0 Å². The Balaban J connectivity index is 2.82. The third-order valence-electron chi connectivity index (χ3n) is 3.00. The molecule has 0 spiro atoms. The number of nitrogens with two attached hydrogens (primary N) is 1. The van der Waals surface area contributed by atoms with Gasteiger partial charge in [0.15, 0.2) is 11.5 Å². The Morgan fingerprint density at radius 3 is 2.56 bits per heavy atom. The van der Waals surface area contributed by atoms with Gasteiger partial charge in [-0.2, -0.15) is 0 Å². The van der Waals surface area contributed by atoms with Crippen LogP contribution in [0.25, 0.3) is 10.8 Å². The van der Waals surface area contributed by atoms with Crippen LogP contribution in [-0.2, 0) is 0 Å². The molecule has 2 rings (SSSR count). The molecule has 96 valence electrons. The van der Waals surface area contributed by atoms with Crippen molar-refractivity contribution in [2.45, 2.75) is 6.04 Å². The molecule has 3 N–H and O–H groups in total. The SMILES string of the molecule is COc1cc2ccccc2c([C@@H](N)CO)c1OC. The minimum Gasteiger partial charge on any atom is -0.493 e. The molecule has 0 bridgehead atoms. The van der Waals surface area contributed by atoms with E-state index >= 15 is 0 Å². The van der Waals surface area contributed by atoms with Crippen molar-refractivity contribution in [2.24, 2.45) is 5.73 Å². The molecule has 18 heavy (non-hydrogen) atoms. The van der Waals surface area contributed by atoms with Crippen molar-refractivity contribution in [3.8, 4) is 11.5 Å². The second-order valence-electron chi connectivity index (χ2n) is 4.04. The van der Waals surface area contributed by atoms with Gasteiger partial charge in [-0.25, -0.2) is 0 Å². The number of ether oxygens (including phenoxy) is 2. The number of methoxy groups -OCH3 is 2. The quantitative estimate of drug-likeness (QED) is 0.865. The van der Waals surface area contributed by atoms with Gasteiger partial charge in [-0.3, -0.25) is 0 Å². The predicted molar refractivity (Wildman–Crippen MR) is 71.1 cm³/mol. The maximum absolute atomic E-state index is 9.31. The largest absolute Gasteiger partial charge is 0.493 e. The molecular weight excluding hydrogens is 230 g/mol. The molecule has 0 amide bonds. The highest BCUT2D eigenvalue weighted by molar-refractivity contribution is 5.90. The highest BCUT2D eigenvalue weighted by atomic mass is 16.5. The fourth-order valence-electron chi connectivity index (χ4n) is 2.15. The van der Waals surface area contributed by atoms with Gasteiger partial charge in [-0.15, -0.1) is 0 Å². The van der Waals surface area contributed by atoms with E-state index in [2.05, 4.69) is 0 Å². The lowest BCUT2D eigenvalue weighted by molar-refractivity contribution is 0.264. The topological polar surface area (TPSA) is 64.7 Å². The summed E-state index contributed by atoms with van der Waals surface area (Å²) in [5.41, 5.74) is 6.75. The van der Waals surface area contributed by atoms with Gasteiger partial charge in [-0.1, -0.05) is 24.3 Å². The molecule has 1 atom stereocenters. The van der Waals surface area contributed by atoms with Gasteiger partial charge in [-0.05, 0) is 16.8 Å². The van der Waals surface area contributed by atoms with Crippen molar-refractivity contribution in [1.29, 1.82) is 0 Å². The molecule has 0 aromatic heterocycles. The maximum Gasteiger partial charge on any atom is 0.166 e. The highest BCUT2D eigenvalue weighted by Gasteiger charge is 2.19. The Labute approximate surface area is 106 Å². The molecule has 0 heterocycles. The van der Waals surface area contributed by atoms with Gasteiger partial charge in [0.1, 0.15) is 0 Å². The maximum atomic E-state index is 9.31. The fourth-order valence-corrected chi connectivity index (χ4v) is 2.15. The molecule has 0 unspecified atom stereocenters. The zero-order valence-corrected chi connectivity index (χ0v) is 10.5. The summed E-state index contributed by atoms with van der Waals surface area (Å²) in [5.74, 6) is 1.20. The van der Waals surface area contributed by atoms with Crippen LogP contribution in [0.15, 0.2) is 30.3 Å². The van der Waals surface area contributed by atoms with Crippen molar-refractivity contribution in [3.05, 3.63) is 35.9 Å². The molecule has 0 saturated carbocycles. The van der Waals surface area contributed by atoms with Crippen LogP contribution in [0.2, 0.25) is 0 Å². The van der Waals surface area contributed by atoms with Gasteiger partial charge in [0, 0.05) is 5.56 Å². The van der Waals surface area contributed by atoms with E-state index in [9.17, 15) is 5.11 Å². The van der Waals surface area contributed by atoms with Crippen LogP contribution in [0, 0.1) is 0 Å². The second-order valence-corrected chi connectivity index (χ2v) is 4.04. The average molecular weight is 247 g/mol. The van der Waals surface area contributed by atoms with Crippen molar-refractivity contribution in [2.75, 3.05) is 20.8 Å². The highest BCUT2D eigenvalue weighted by Crippen LogP contribution is 2.39. The number of benzene rings is 2. The van der Waals surface area contributed by atoms with Crippen molar-refractivity contribution in [3.63, 3.8) is 0 Å². The number of hydrogen-bond acceptors (Lipinski definition) is 4. The van der Waals surface area contributed by atoms with Crippen molar-refractivity contribution >= 4 is 10.8 Å². The van der Waals surface area contributed by atoms with Crippen LogP contribution >= 0.6 is 0 Å². The molecule has 4 nitrogen and oxygen atoms in total. The first-order valence-electron chi connectivity index (χ1n) is 5.73. The molecule has 0 saturated heterocycles. The van der Waals surface area contributed by atoms with E-state index in [0.717, 1.165) is 16.3 Å². The normalized spacial score (nSPS) is 12.4. The summed E-state index contributed by atoms with van der Waals surface area (Å²) in [4.78, 5) is 0. The molecule has 0 fully saturated rings. The summed E-state index contributed by atoms with van der Waals surface area (Å²) in [6, 6.07) is 9.22. The number of fused-ring (bicyclic) bond motifs is 1. The minimum absolute atomic E-state index is 0.145. The Hall–Kier alpha value is -1.78. The second kappa shape index (κ2) is 5.25. The Morgan fingerprint density at radius 2 is 1.94 bits per heavy atom. The van der Waals surface area contributed by atoms with Crippen LogP contribution in [0.1, 0.15) is 11.6 Å². The summed E-state index contributed by atoms with van der Waals surface area (Å²) in [5, 5.41) is 11.3. The molecule has 2 aromatic rings. The predicted octanol–water partition coefficient (Wildman–Crippen LogP) is 1.85. The van der Waals surface area contributed by atoms with Crippen LogP contribution in [0.5, 0.6) is 11.5 Å². The molecule has 2 aromatic carbocycles. The van der Waals surface area contributed by atoms with E-state index in [1.54, 1.807) is 14.2 Å². The summed E-state index contributed by atoms with van der Waals surface area (Å²) < 4.78 is 10.7. The number of aliphatic hydroxyl groups excluding tert-OH is 1. The molecular formula is C14H17NO3. The third-order valence-corrected chi connectivity index (χ3v) is 3.00. The molecule has 0 aliphatic carbocycles. The standard InChI is InChI=1S/C14H17NO3/c1-17-12-7-9-5-3-4-6-10(9)13(11(15)8-16)14(12)18-2/h3-7,11,16H,8,15H2,1-2H3/t11-/m0/s1. The smallest absolute Gasteiger partial charge is 0.166 e. The first-order valence-corrected chi connectivity index (χ1v) is 5.73. The van der Waals surface area contributed by atoms with E-state index in [1.807, 2.05) is 30.3 Å². The van der Waals surface area contributed by atoms with Gasteiger partial charge >= 0.3 is 0 Å². The lowest BCUT2D eigenvalue weighted by atomic mass is 9.97. The zero-order valence-electron chi connectivity index (χ0n) is 10.5. The first kappa shape index (κ1) is 12.7. The van der Waals surface area contributed by atoms with E-state index < -0.39 is 6.04 Å². The number of hydrogen-bond donors (Lipinski definition) is 2. The number of rotatable bonds is 4. The van der Waals surface area contributed by atoms with Crippen LogP contribution < -0.4 is 15.2 Å². The Kier molecular flexibility index (Phi) is 3.69. The average Bonchev–Trinajstić information content (AvgIpc) is 2.44. The lowest BCUT2D eigenvalue weighted by Crippen LogP contribution is -2.16. The molecule has 0 radical (unpaired) electrons. The van der Waals surface area contributed by atoms with E-state index in [0.29, 0.717) is 11.5 Å². The number of aliphatic hydroxyl groups is 1. The van der Waals surface area contributed by atoms with Gasteiger partial charge in [0.25, 0.3) is 0 Å². The van der Waals surface area contributed by atoms with Gasteiger partial charge in [0.05, 0.1) is 26.9 Å². The molecule has 0 aliphatic heterocycles.